The topological polar surface area (TPSA) is 50.5 Å². The second kappa shape index (κ2) is 8.69. The van der Waals surface area contributed by atoms with Crippen molar-refractivity contribution in [3.05, 3.63) is 84.9 Å². The Morgan fingerprint density at radius 3 is 2.37 bits per heavy atom. The third-order valence-corrected chi connectivity index (χ3v) is 6.51. The fraction of sp³-hybridized carbons (Fsp3) is 0.0476. The van der Waals surface area contributed by atoms with Gasteiger partial charge in [0.2, 0.25) is 0 Å². The molecule has 2 amide bonds. The molecule has 9 heteroatoms. The van der Waals surface area contributed by atoms with Crippen LogP contribution >= 0.6 is 58.2 Å². The molecule has 3 aromatic rings. The molecule has 30 heavy (non-hydrogen) atoms. The first-order valence-electron chi connectivity index (χ1n) is 8.57. The second-order valence-electron chi connectivity index (χ2n) is 6.29. The van der Waals surface area contributed by atoms with Crippen molar-refractivity contribution in [2.45, 2.75) is 6.54 Å². The summed E-state index contributed by atoms with van der Waals surface area (Å²) in [5, 5.41) is 1.33. The molecular weight excluding hydrogens is 488 g/mol. The van der Waals surface area contributed by atoms with E-state index < -0.39 is 11.1 Å². The molecular formula is C21H11Cl4NO3S. The fourth-order valence-corrected chi connectivity index (χ4v) is 4.71. The largest absolute Gasteiger partial charge is 0.457 e. The van der Waals surface area contributed by atoms with E-state index >= 15 is 0 Å². The van der Waals surface area contributed by atoms with Crippen LogP contribution in [-0.4, -0.2) is 16.0 Å². The molecule has 0 spiro atoms. The lowest BCUT2D eigenvalue weighted by molar-refractivity contribution is -0.123. The molecule has 1 aromatic heterocycles. The standard InChI is InChI=1S/C21H11Cl4NO3S/c22-11-4-6-13(17(25)8-11)18-7-5-12(29-18)9-19-20(27)26(21(28)30-19)10-14-15(23)2-1-3-16(14)24/h1-9H,10H2/b19-9-. The average Bonchev–Trinajstić information content (AvgIpc) is 3.24. The SMILES string of the molecule is O=C1S/C(=C\c2ccc(-c3ccc(Cl)cc3Cl)o2)C(=O)N1Cc1c(Cl)cccc1Cl. The van der Waals surface area contributed by atoms with Crippen molar-refractivity contribution >= 4 is 75.4 Å². The van der Waals surface area contributed by atoms with Crippen molar-refractivity contribution in [1.29, 1.82) is 0 Å². The average molecular weight is 499 g/mol. The van der Waals surface area contributed by atoms with Gasteiger partial charge in [0.15, 0.2) is 0 Å². The van der Waals surface area contributed by atoms with Gasteiger partial charge in [-0.1, -0.05) is 52.5 Å². The van der Waals surface area contributed by atoms with Crippen molar-refractivity contribution in [3.63, 3.8) is 0 Å². The molecule has 0 saturated carbocycles. The van der Waals surface area contributed by atoms with E-state index in [2.05, 4.69) is 0 Å². The molecule has 1 aliphatic heterocycles. The Labute approximate surface area is 196 Å². The van der Waals surface area contributed by atoms with E-state index in [1.54, 1.807) is 48.5 Å². The maximum atomic E-state index is 12.8. The van der Waals surface area contributed by atoms with Crippen LogP contribution in [0.4, 0.5) is 4.79 Å². The molecule has 0 atom stereocenters. The molecule has 1 aliphatic rings. The summed E-state index contributed by atoms with van der Waals surface area (Å²) in [5.74, 6) is 0.491. The van der Waals surface area contributed by atoms with E-state index in [1.165, 1.54) is 6.08 Å². The molecule has 152 valence electrons. The first-order valence-corrected chi connectivity index (χ1v) is 10.9. The van der Waals surface area contributed by atoms with E-state index in [0.29, 0.717) is 42.7 Å². The van der Waals surface area contributed by atoms with Gasteiger partial charge >= 0.3 is 0 Å². The summed E-state index contributed by atoms with van der Waals surface area (Å²) >= 11 is 25.3. The van der Waals surface area contributed by atoms with Crippen LogP contribution in [0.25, 0.3) is 17.4 Å². The van der Waals surface area contributed by atoms with Gasteiger partial charge in [-0.25, -0.2) is 0 Å². The Morgan fingerprint density at radius 2 is 1.67 bits per heavy atom. The quantitative estimate of drug-likeness (QED) is 0.344. The third-order valence-electron chi connectivity index (χ3n) is 4.35. The van der Waals surface area contributed by atoms with Crippen LogP contribution < -0.4 is 0 Å². The number of halogens is 4. The number of benzene rings is 2. The summed E-state index contributed by atoms with van der Waals surface area (Å²) in [6.45, 7) is -0.00962. The maximum absolute atomic E-state index is 12.8. The Bertz CT molecular complexity index is 1180. The van der Waals surface area contributed by atoms with Gasteiger partial charge in [-0.05, 0) is 54.2 Å². The van der Waals surface area contributed by atoms with Crippen LogP contribution in [0.5, 0.6) is 0 Å². The smallest absolute Gasteiger partial charge is 0.293 e. The molecule has 0 unspecified atom stereocenters. The molecule has 0 bridgehead atoms. The summed E-state index contributed by atoms with van der Waals surface area (Å²) in [5.41, 5.74) is 1.18. The lowest BCUT2D eigenvalue weighted by Gasteiger charge is -2.14. The highest BCUT2D eigenvalue weighted by Crippen LogP contribution is 2.37. The van der Waals surface area contributed by atoms with Crippen LogP contribution in [0.2, 0.25) is 20.1 Å². The molecule has 1 saturated heterocycles. The summed E-state index contributed by atoms with van der Waals surface area (Å²) in [6.07, 6.45) is 1.52. The molecule has 2 aromatic carbocycles. The predicted octanol–water partition coefficient (Wildman–Crippen LogP) is 7.80. The van der Waals surface area contributed by atoms with Crippen LogP contribution in [0.15, 0.2) is 57.9 Å². The highest BCUT2D eigenvalue weighted by Gasteiger charge is 2.36. The number of imide groups is 1. The molecule has 1 fully saturated rings. The van der Waals surface area contributed by atoms with Gasteiger partial charge in [-0.2, -0.15) is 0 Å². The van der Waals surface area contributed by atoms with E-state index in [-0.39, 0.29) is 11.4 Å². The number of carbonyl (C=O) groups is 2. The Morgan fingerprint density at radius 1 is 0.933 bits per heavy atom. The number of amides is 2. The fourth-order valence-electron chi connectivity index (χ4n) is 2.87. The van der Waals surface area contributed by atoms with Gasteiger partial charge in [0, 0.05) is 32.3 Å². The number of rotatable bonds is 4. The zero-order valence-corrected chi connectivity index (χ0v) is 18.8. The number of carbonyl (C=O) groups excluding carboxylic acids is 2. The van der Waals surface area contributed by atoms with E-state index in [1.807, 2.05) is 0 Å². The number of nitrogens with zero attached hydrogens (tertiary/aromatic N) is 1. The zero-order chi connectivity index (χ0) is 21.4. The maximum Gasteiger partial charge on any atom is 0.293 e. The summed E-state index contributed by atoms with van der Waals surface area (Å²) < 4.78 is 5.79. The lowest BCUT2D eigenvalue weighted by Crippen LogP contribution is -2.27. The molecule has 0 N–H and O–H groups in total. The van der Waals surface area contributed by atoms with Crippen molar-refractivity contribution in [3.8, 4) is 11.3 Å². The van der Waals surface area contributed by atoms with E-state index in [0.717, 1.165) is 16.7 Å². The van der Waals surface area contributed by atoms with Crippen LogP contribution in [0, 0.1) is 0 Å². The minimum atomic E-state index is -0.441. The molecule has 4 nitrogen and oxygen atoms in total. The third kappa shape index (κ3) is 4.27. The van der Waals surface area contributed by atoms with E-state index in [4.69, 9.17) is 50.8 Å². The summed E-state index contributed by atoms with van der Waals surface area (Å²) in [6, 6.07) is 13.5. The van der Waals surface area contributed by atoms with Gasteiger partial charge in [0.25, 0.3) is 11.1 Å². The summed E-state index contributed by atoms with van der Waals surface area (Å²) in [4.78, 5) is 26.5. The second-order valence-corrected chi connectivity index (χ2v) is 8.95. The first kappa shape index (κ1) is 21.3. The Kier molecular flexibility index (Phi) is 6.19. The van der Waals surface area contributed by atoms with Crippen LogP contribution in [0.1, 0.15) is 11.3 Å². The predicted molar refractivity (Wildman–Crippen MR) is 122 cm³/mol. The Hall–Kier alpha value is -1.89. The molecule has 0 radical (unpaired) electrons. The van der Waals surface area contributed by atoms with Gasteiger partial charge in [-0.3, -0.25) is 14.5 Å². The zero-order valence-electron chi connectivity index (χ0n) is 15.0. The number of furan rings is 1. The highest BCUT2D eigenvalue weighted by molar-refractivity contribution is 8.18. The molecule has 2 heterocycles. The number of hydrogen-bond donors (Lipinski definition) is 0. The van der Waals surface area contributed by atoms with Gasteiger partial charge in [-0.15, -0.1) is 0 Å². The van der Waals surface area contributed by atoms with Crippen molar-refractivity contribution in [2.24, 2.45) is 0 Å². The first-order chi connectivity index (χ1) is 14.3. The van der Waals surface area contributed by atoms with Crippen molar-refractivity contribution in [1.82, 2.24) is 4.90 Å². The minimum Gasteiger partial charge on any atom is -0.457 e. The molecule has 0 aliphatic carbocycles. The van der Waals surface area contributed by atoms with Crippen molar-refractivity contribution < 1.29 is 14.0 Å². The Balaban J connectivity index is 1.57. The lowest BCUT2D eigenvalue weighted by atomic mass is 10.2. The monoisotopic (exact) mass is 497 g/mol. The number of hydrogen-bond acceptors (Lipinski definition) is 4. The highest BCUT2D eigenvalue weighted by atomic mass is 35.5. The van der Waals surface area contributed by atoms with Gasteiger partial charge < -0.3 is 4.42 Å². The minimum absolute atomic E-state index is 0.00962. The van der Waals surface area contributed by atoms with E-state index in [9.17, 15) is 9.59 Å². The number of thioether (sulfide) groups is 1. The van der Waals surface area contributed by atoms with Crippen molar-refractivity contribution in [2.75, 3.05) is 0 Å². The van der Waals surface area contributed by atoms with Crippen LogP contribution in [-0.2, 0) is 11.3 Å². The normalized spacial score (nSPS) is 15.5. The summed E-state index contributed by atoms with van der Waals surface area (Å²) in [7, 11) is 0. The van der Waals surface area contributed by atoms with Crippen LogP contribution in [0.3, 0.4) is 0 Å². The molecule has 4 rings (SSSR count). The van der Waals surface area contributed by atoms with Gasteiger partial charge in [0.1, 0.15) is 11.5 Å². The van der Waals surface area contributed by atoms with Gasteiger partial charge in [0.05, 0.1) is 16.5 Å².